The van der Waals surface area contributed by atoms with Crippen LogP contribution in [0.25, 0.3) is 0 Å². The highest BCUT2D eigenvalue weighted by atomic mass is 32.2. The third kappa shape index (κ3) is 8.35. The van der Waals surface area contributed by atoms with Crippen molar-refractivity contribution in [3.05, 3.63) is 65.7 Å². The molecule has 1 aliphatic rings. The summed E-state index contributed by atoms with van der Waals surface area (Å²) < 4.78 is 34.6. The number of methoxy groups -OCH3 is 1. The number of nitrogens with two attached hydrogens (primary N) is 2. The van der Waals surface area contributed by atoms with E-state index < -0.39 is 10.1 Å². The number of nitrogen functional groups attached to an aromatic ring is 2. The molecule has 0 radical (unpaired) electrons. The molecule has 0 atom stereocenters. The molecule has 4 rings (SSSR count). The zero-order chi connectivity index (χ0) is 26.0. The largest absolute Gasteiger partial charge is 0.496 e. The Morgan fingerprint density at radius 3 is 2.22 bits per heavy atom. The third-order valence-electron chi connectivity index (χ3n) is 5.50. The molecule has 0 amide bonds. The molecule has 12 heteroatoms. The van der Waals surface area contributed by atoms with Crippen LogP contribution >= 0.6 is 11.8 Å². The van der Waals surface area contributed by atoms with Gasteiger partial charge in [-0.25, -0.2) is 9.97 Å². The molecular weight excluding hydrogens is 500 g/mol. The lowest BCUT2D eigenvalue weighted by Crippen LogP contribution is -2.44. The van der Waals surface area contributed by atoms with E-state index in [-0.39, 0.29) is 4.90 Å². The predicted octanol–water partition coefficient (Wildman–Crippen LogP) is 2.17. The molecule has 0 bridgehead atoms. The number of thioether (sulfide) groups is 1. The quantitative estimate of drug-likeness (QED) is 0.191. The first-order valence-electron chi connectivity index (χ1n) is 11.4. The molecule has 0 saturated carbocycles. The van der Waals surface area contributed by atoms with Crippen LogP contribution in [0.15, 0.2) is 64.6 Å². The van der Waals surface area contributed by atoms with Gasteiger partial charge in [0.05, 0.1) is 12.0 Å². The standard InChI is InChI=1S/C18H26N6OS.C6H6O3S/c1-25-15-5-3-2-4-13(15)12-14-16(19)22-18(23-17(14)20)26-11-10-24-8-6-21-7-9-24;7-10(8,9)6-4-2-1-3-5-6/h2-5,21H,6-12H2,1H3,(H4,19,20,22,23);1-5H,(H,7,8,9). The molecule has 194 valence electrons. The molecule has 36 heavy (non-hydrogen) atoms. The highest BCUT2D eigenvalue weighted by molar-refractivity contribution is 7.99. The molecule has 2 heterocycles. The molecule has 1 aromatic heterocycles. The third-order valence-corrected chi connectivity index (χ3v) is 7.20. The maximum Gasteiger partial charge on any atom is 0.294 e. The van der Waals surface area contributed by atoms with Gasteiger partial charge in [0, 0.05) is 50.5 Å². The molecule has 1 fully saturated rings. The Kier molecular flexibility index (Phi) is 10.3. The zero-order valence-corrected chi connectivity index (χ0v) is 21.8. The van der Waals surface area contributed by atoms with Gasteiger partial charge in [-0.2, -0.15) is 8.42 Å². The Morgan fingerprint density at radius 2 is 1.64 bits per heavy atom. The van der Waals surface area contributed by atoms with Crippen LogP contribution in [0.3, 0.4) is 0 Å². The van der Waals surface area contributed by atoms with Crippen LogP contribution in [-0.2, 0) is 16.5 Å². The van der Waals surface area contributed by atoms with Crippen molar-refractivity contribution in [1.29, 1.82) is 0 Å². The molecule has 0 aliphatic carbocycles. The summed E-state index contributed by atoms with van der Waals surface area (Å²) in [5.74, 6) is 2.60. The van der Waals surface area contributed by atoms with Gasteiger partial charge in [-0.05, 0) is 23.8 Å². The van der Waals surface area contributed by atoms with E-state index in [4.69, 9.17) is 20.8 Å². The van der Waals surface area contributed by atoms with Gasteiger partial charge in [0.25, 0.3) is 10.1 Å². The minimum Gasteiger partial charge on any atom is -0.496 e. The van der Waals surface area contributed by atoms with E-state index in [1.54, 1.807) is 37.1 Å². The summed E-state index contributed by atoms with van der Waals surface area (Å²) >= 11 is 1.60. The van der Waals surface area contributed by atoms with Gasteiger partial charge >= 0.3 is 0 Å². The highest BCUT2D eigenvalue weighted by Crippen LogP contribution is 2.27. The van der Waals surface area contributed by atoms with E-state index in [2.05, 4.69) is 20.2 Å². The van der Waals surface area contributed by atoms with Gasteiger partial charge in [-0.3, -0.25) is 9.45 Å². The number of nitrogens with one attached hydrogen (secondary N) is 1. The van der Waals surface area contributed by atoms with E-state index in [1.807, 2.05) is 24.3 Å². The Balaban J connectivity index is 0.000000303. The zero-order valence-electron chi connectivity index (χ0n) is 20.1. The maximum atomic E-state index is 10.4. The summed E-state index contributed by atoms with van der Waals surface area (Å²) in [6.07, 6.45) is 0.549. The maximum absolute atomic E-state index is 10.4. The summed E-state index contributed by atoms with van der Waals surface area (Å²) in [6.45, 7) is 5.29. The molecule has 2 aromatic carbocycles. The fourth-order valence-electron chi connectivity index (χ4n) is 3.58. The lowest BCUT2D eigenvalue weighted by Gasteiger charge is -2.26. The topological polar surface area (TPSA) is 157 Å². The number of piperazine rings is 1. The summed E-state index contributed by atoms with van der Waals surface area (Å²) in [5.41, 5.74) is 14.1. The molecule has 0 spiro atoms. The van der Waals surface area contributed by atoms with Crippen molar-refractivity contribution in [1.82, 2.24) is 20.2 Å². The number of benzene rings is 2. The average molecular weight is 533 g/mol. The van der Waals surface area contributed by atoms with Gasteiger partial charge in [0.1, 0.15) is 17.4 Å². The van der Waals surface area contributed by atoms with Crippen molar-refractivity contribution in [3.63, 3.8) is 0 Å². The first-order chi connectivity index (χ1) is 17.3. The normalized spacial score (nSPS) is 14.1. The van der Waals surface area contributed by atoms with Crippen LogP contribution in [0.2, 0.25) is 0 Å². The fourth-order valence-corrected chi connectivity index (χ4v) is 4.93. The second kappa shape index (κ2) is 13.4. The first-order valence-corrected chi connectivity index (χ1v) is 13.8. The SMILES string of the molecule is COc1ccccc1Cc1c(N)nc(SCCN2CCNCC2)nc1N.O=S(=O)(O)c1ccccc1. The minimum absolute atomic E-state index is 0.0741. The second-order valence-corrected chi connectivity index (χ2v) is 10.5. The van der Waals surface area contributed by atoms with Gasteiger partial charge in [-0.15, -0.1) is 0 Å². The molecule has 3 aromatic rings. The van der Waals surface area contributed by atoms with Crippen LogP contribution < -0.4 is 21.5 Å². The van der Waals surface area contributed by atoms with Crippen molar-refractivity contribution in [2.45, 2.75) is 16.5 Å². The summed E-state index contributed by atoms with van der Waals surface area (Å²) in [7, 11) is -2.35. The van der Waals surface area contributed by atoms with Crippen LogP contribution in [0.1, 0.15) is 11.1 Å². The Hall–Kier alpha value is -2.90. The molecule has 6 N–H and O–H groups in total. The lowest BCUT2D eigenvalue weighted by molar-refractivity contribution is 0.255. The van der Waals surface area contributed by atoms with Gasteiger partial charge in [-0.1, -0.05) is 48.2 Å². The van der Waals surface area contributed by atoms with Crippen LogP contribution in [0.5, 0.6) is 5.75 Å². The fraction of sp³-hybridized carbons (Fsp3) is 0.333. The monoisotopic (exact) mass is 532 g/mol. The molecule has 0 unspecified atom stereocenters. The Bertz CT molecular complexity index is 1200. The molecule has 1 aliphatic heterocycles. The smallest absolute Gasteiger partial charge is 0.294 e. The summed E-state index contributed by atoms with van der Waals surface area (Å²) in [5, 5.41) is 3.99. The number of rotatable bonds is 8. The van der Waals surface area contributed by atoms with Crippen molar-refractivity contribution in [3.8, 4) is 5.75 Å². The number of anilines is 2. The van der Waals surface area contributed by atoms with Crippen LogP contribution in [0.4, 0.5) is 11.6 Å². The number of hydrogen-bond donors (Lipinski definition) is 4. The van der Waals surface area contributed by atoms with Gasteiger partial charge in [0.2, 0.25) is 0 Å². The van der Waals surface area contributed by atoms with E-state index in [0.717, 1.165) is 55.4 Å². The van der Waals surface area contributed by atoms with Gasteiger partial charge < -0.3 is 21.5 Å². The number of hydrogen-bond acceptors (Lipinski definition) is 10. The van der Waals surface area contributed by atoms with Gasteiger partial charge in [0.15, 0.2) is 5.16 Å². The van der Waals surface area contributed by atoms with Crippen LogP contribution in [-0.4, -0.2) is 73.4 Å². The van der Waals surface area contributed by atoms with E-state index in [1.165, 1.54) is 12.1 Å². The minimum atomic E-state index is -4.00. The van der Waals surface area contributed by atoms with Crippen molar-refractivity contribution in [2.75, 3.05) is 57.1 Å². The van der Waals surface area contributed by atoms with E-state index >= 15 is 0 Å². The Morgan fingerprint density at radius 1 is 1.03 bits per heavy atom. The lowest BCUT2D eigenvalue weighted by atomic mass is 10.1. The summed E-state index contributed by atoms with van der Waals surface area (Å²) in [6, 6.07) is 15.2. The van der Waals surface area contributed by atoms with Crippen molar-refractivity contribution >= 4 is 33.5 Å². The summed E-state index contributed by atoms with van der Waals surface area (Å²) in [4.78, 5) is 11.3. The molecular formula is C24H32N6O4S2. The first kappa shape index (κ1) is 27.7. The number of aromatic nitrogens is 2. The number of nitrogens with zero attached hydrogens (tertiary/aromatic N) is 3. The van der Waals surface area contributed by atoms with E-state index in [9.17, 15) is 8.42 Å². The van der Waals surface area contributed by atoms with E-state index in [0.29, 0.717) is 23.2 Å². The van der Waals surface area contributed by atoms with Crippen LogP contribution in [0, 0.1) is 0 Å². The predicted molar refractivity (Wildman–Crippen MR) is 143 cm³/mol. The van der Waals surface area contributed by atoms with Crippen molar-refractivity contribution < 1.29 is 17.7 Å². The highest BCUT2D eigenvalue weighted by Gasteiger charge is 2.14. The second-order valence-electron chi connectivity index (χ2n) is 7.97. The Labute approximate surface area is 216 Å². The average Bonchev–Trinajstić information content (AvgIpc) is 2.87. The van der Waals surface area contributed by atoms with Crippen molar-refractivity contribution in [2.24, 2.45) is 0 Å². The number of ether oxygens (including phenoxy) is 1. The molecule has 10 nitrogen and oxygen atoms in total. The number of para-hydroxylation sites is 1. The molecule has 1 saturated heterocycles.